The van der Waals surface area contributed by atoms with E-state index in [9.17, 15) is 14.0 Å². The van der Waals surface area contributed by atoms with Gasteiger partial charge in [-0.3, -0.25) is 9.59 Å². The number of primary amides is 1. The van der Waals surface area contributed by atoms with Crippen molar-refractivity contribution in [1.82, 2.24) is 19.7 Å². The van der Waals surface area contributed by atoms with Gasteiger partial charge in [0.1, 0.15) is 11.9 Å². The molecule has 1 aliphatic heterocycles. The van der Waals surface area contributed by atoms with Crippen LogP contribution in [0.2, 0.25) is 0 Å². The SMILES string of the molecule is Cn1c(SCC(=O)N2CCCCC2C(N)=O)nnc1-c1ccccc1F. The van der Waals surface area contributed by atoms with Gasteiger partial charge in [-0.1, -0.05) is 23.9 Å². The highest BCUT2D eigenvalue weighted by molar-refractivity contribution is 7.99. The summed E-state index contributed by atoms with van der Waals surface area (Å²) in [4.78, 5) is 25.6. The zero-order valence-electron chi connectivity index (χ0n) is 14.4. The van der Waals surface area contributed by atoms with E-state index >= 15 is 0 Å². The van der Waals surface area contributed by atoms with E-state index in [2.05, 4.69) is 10.2 Å². The molecule has 0 bridgehead atoms. The minimum absolute atomic E-state index is 0.118. The molecule has 1 aliphatic rings. The van der Waals surface area contributed by atoms with Crippen molar-refractivity contribution < 1.29 is 14.0 Å². The van der Waals surface area contributed by atoms with Crippen molar-refractivity contribution in [3.05, 3.63) is 30.1 Å². The predicted octanol–water partition coefficient (Wildman–Crippen LogP) is 1.58. The van der Waals surface area contributed by atoms with Crippen molar-refractivity contribution in [3.8, 4) is 11.4 Å². The summed E-state index contributed by atoms with van der Waals surface area (Å²) in [6.07, 6.45) is 2.36. The number of hydrogen-bond acceptors (Lipinski definition) is 5. The highest BCUT2D eigenvalue weighted by Crippen LogP contribution is 2.25. The van der Waals surface area contributed by atoms with Crippen LogP contribution in [0.25, 0.3) is 11.4 Å². The first-order chi connectivity index (χ1) is 12.5. The highest BCUT2D eigenvalue weighted by Gasteiger charge is 2.30. The lowest BCUT2D eigenvalue weighted by Crippen LogP contribution is -2.51. The standard InChI is InChI=1S/C17H20FN5O2S/c1-22-16(11-6-2-3-7-12(11)18)20-21-17(22)26-10-14(24)23-9-5-4-8-13(23)15(19)25/h2-3,6-7,13H,4-5,8-10H2,1H3,(H2,19,25). The Morgan fingerprint density at radius 1 is 1.31 bits per heavy atom. The van der Waals surface area contributed by atoms with Crippen LogP contribution in [0, 0.1) is 5.82 Å². The smallest absolute Gasteiger partial charge is 0.240 e. The zero-order valence-corrected chi connectivity index (χ0v) is 15.2. The largest absolute Gasteiger partial charge is 0.368 e. The van der Waals surface area contributed by atoms with E-state index in [1.807, 2.05) is 0 Å². The molecule has 1 aromatic heterocycles. The van der Waals surface area contributed by atoms with Gasteiger partial charge in [0.05, 0.1) is 11.3 Å². The third-order valence-corrected chi connectivity index (χ3v) is 5.43. The van der Waals surface area contributed by atoms with E-state index in [0.29, 0.717) is 29.5 Å². The Bertz CT molecular complexity index is 825. The molecule has 2 aromatic rings. The number of benzene rings is 1. The number of hydrogen-bond donors (Lipinski definition) is 1. The molecule has 26 heavy (non-hydrogen) atoms. The predicted molar refractivity (Wildman–Crippen MR) is 95.7 cm³/mol. The molecule has 0 aliphatic carbocycles. The number of aromatic nitrogens is 3. The van der Waals surface area contributed by atoms with E-state index < -0.39 is 11.9 Å². The summed E-state index contributed by atoms with van der Waals surface area (Å²) in [5, 5.41) is 8.59. The van der Waals surface area contributed by atoms with Crippen LogP contribution in [-0.2, 0) is 16.6 Å². The quantitative estimate of drug-likeness (QED) is 0.799. The van der Waals surface area contributed by atoms with Crippen LogP contribution in [0.3, 0.4) is 0 Å². The van der Waals surface area contributed by atoms with Crippen molar-refractivity contribution in [2.75, 3.05) is 12.3 Å². The van der Waals surface area contributed by atoms with E-state index in [1.54, 1.807) is 34.7 Å². The summed E-state index contributed by atoms with van der Waals surface area (Å²) in [5.74, 6) is -0.496. The van der Waals surface area contributed by atoms with E-state index in [0.717, 1.165) is 12.8 Å². The summed E-state index contributed by atoms with van der Waals surface area (Å²) < 4.78 is 15.6. The number of nitrogens with two attached hydrogens (primary N) is 1. The van der Waals surface area contributed by atoms with Gasteiger partial charge in [-0.15, -0.1) is 10.2 Å². The minimum atomic E-state index is -0.537. The van der Waals surface area contributed by atoms with E-state index in [1.165, 1.54) is 17.8 Å². The molecular formula is C17H20FN5O2S. The van der Waals surface area contributed by atoms with Crippen LogP contribution < -0.4 is 5.73 Å². The molecule has 7 nitrogen and oxygen atoms in total. The fourth-order valence-corrected chi connectivity index (χ4v) is 3.85. The topological polar surface area (TPSA) is 94.1 Å². The Hall–Kier alpha value is -2.42. The molecule has 0 radical (unpaired) electrons. The first-order valence-corrected chi connectivity index (χ1v) is 9.33. The van der Waals surface area contributed by atoms with Crippen LogP contribution in [0.5, 0.6) is 0 Å². The molecule has 2 amide bonds. The molecule has 1 aromatic carbocycles. The normalized spacial score (nSPS) is 17.3. The number of likely N-dealkylation sites (tertiary alicyclic amines) is 1. The van der Waals surface area contributed by atoms with Crippen LogP contribution in [0.1, 0.15) is 19.3 Å². The monoisotopic (exact) mass is 377 g/mol. The maximum atomic E-state index is 13.9. The Balaban J connectivity index is 1.70. The Morgan fingerprint density at radius 2 is 2.08 bits per heavy atom. The van der Waals surface area contributed by atoms with Gasteiger partial charge in [0.25, 0.3) is 0 Å². The van der Waals surface area contributed by atoms with Crippen LogP contribution in [0.4, 0.5) is 4.39 Å². The molecule has 9 heteroatoms. The highest BCUT2D eigenvalue weighted by atomic mass is 32.2. The number of rotatable bonds is 5. The van der Waals surface area contributed by atoms with Gasteiger partial charge in [-0.25, -0.2) is 4.39 Å². The van der Waals surface area contributed by atoms with Crippen LogP contribution in [-0.4, -0.2) is 49.8 Å². The molecular weight excluding hydrogens is 357 g/mol. The molecule has 138 valence electrons. The summed E-state index contributed by atoms with van der Waals surface area (Å²) in [6, 6.07) is 5.79. The first kappa shape index (κ1) is 18.4. The lowest BCUT2D eigenvalue weighted by atomic mass is 10.0. The molecule has 1 atom stereocenters. The Morgan fingerprint density at radius 3 is 2.81 bits per heavy atom. The number of carbonyl (C=O) groups excluding carboxylic acids is 2. The second-order valence-electron chi connectivity index (χ2n) is 6.13. The van der Waals surface area contributed by atoms with Crippen molar-refractivity contribution in [3.63, 3.8) is 0 Å². The fourth-order valence-electron chi connectivity index (χ4n) is 3.05. The fraction of sp³-hybridized carbons (Fsp3) is 0.412. The van der Waals surface area contributed by atoms with Crippen molar-refractivity contribution in [2.24, 2.45) is 12.8 Å². The first-order valence-electron chi connectivity index (χ1n) is 8.35. The van der Waals surface area contributed by atoms with Gasteiger partial charge >= 0.3 is 0 Å². The molecule has 0 saturated carbocycles. The average Bonchev–Trinajstić information content (AvgIpc) is 3.00. The molecule has 1 unspecified atom stereocenters. The third kappa shape index (κ3) is 3.72. The maximum Gasteiger partial charge on any atom is 0.240 e. The zero-order chi connectivity index (χ0) is 18.7. The Labute approximate surface area is 154 Å². The molecule has 3 rings (SSSR count). The minimum Gasteiger partial charge on any atom is -0.368 e. The van der Waals surface area contributed by atoms with Crippen molar-refractivity contribution in [2.45, 2.75) is 30.5 Å². The number of piperidine rings is 1. The van der Waals surface area contributed by atoms with Gasteiger partial charge in [0.2, 0.25) is 11.8 Å². The average molecular weight is 377 g/mol. The lowest BCUT2D eigenvalue weighted by Gasteiger charge is -2.33. The van der Waals surface area contributed by atoms with Crippen molar-refractivity contribution >= 4 is 23.6 Å². The Kier molecular flexibility index (Phi) is 5.55. The molecule has 2 heterocycles. The summed E-state index contributed by atoms with van der Waals surface area (Å²) in [5.41, 5.74) is 5.76. The van der Waals surface area contributed by atoms with Crippen molar-refractivity contribution in [1.29, 1.82) is 0 Å². The molecule has 1 fully saturated rings. The second kappa shape index (κ2) is 7.86. The third-order valence-electron chi connectivity index (χ3n) is 4.43. The van der Waals surface area contributed by atoms with Crippen LogP contribution in [0.15, 0.2) is 29.4 Å². The van der Waals surface area contributed by atoms with Gasteiger partial charge in [-0.05, 0) is 31.4 Å². The van der Waals surface area contributed by atoms with E-state index in [-0.39, 0.29) is 17.5 Å². The summed E-state index contributed by atoms with van der Waals surface area (Å²) in [7, 11) is 1.72. The number of thioether (sulfide) groups is 1. The number of nitrogens with zero attached hydrogens (tertiary/aromatic N) is 4. The number of carbonyl (C=O) groups is 2. The van der Waals surface area contributed by atoms with Gasteiger partial charge in [0.15, 0.2) is 11.0 Å². The molecule has 1 saturated heterocycles. The number of amides is 2. The van der Waals surface area contributed by atoms with Gasteiger partial charge in [0, 0.05) is 13.6 Å². The van der Waals surface area contributed by atoms with Crippen LogP contribution >= 0.6 is 11.8 Å². The summed E-state index contributed by atoms with van der Waals surface area (Å²) >= 11 is 1.21. The summed E-state index contributed by atoms with van der Waals surface area (Å²) in [6.45, 7) is 0.534. The molecule has 2 N–H and O–H groups in total. The lowest BCUT2D eigenvalue weighted by molar-refractivity contribution is -0.138. The second-order valence-corrected chi connectivity index (χ2v) is 7.08. The number of halogens is 1. The van der Waals surface area contributed by atoms with Gasteiger partial charge in [-0.2, -0.15) is 0 Å². The maximum absolute atomic E-state index is 13.9. The molecule has 0 spiro atoms. The van der Waals surface area contributed by atoms with E-state index in [4.69, 9.17) is 5.73 Å². The van der Waals surface area contributed by atoms with Gasteiger partial charge < -0.3 is 15.2 Å².